The van der Waals surface area contributed by atoms with Crippen LogP contribution in [0.4, 0.5) is 0 Å². The highest BCUT2D eigenvalue weighted by atomic mass is 32.2. The number of rotatable bonds is 3. The van der Waals surface area contributed by atoms with Crippen LogP contribution in [0.3, 0.4) is 0 Å². The number of hydrogen-bond acceptors (Lipinski definition) is 4. The number of nitrogens with zero attached hydrogens (tertiary/aromatic N) is 1. The third kappa shape index (κ3) is 2.82. The lowest BCUT2D eigenvalue weighted by molar-refractivity contribution is -0.159. The van der Waals surface area contributed by atoms with Crippen molar-refractivity contribution >= 4 is 21.7 Å². The van der Waals surface area contributed by atoms with E-state index < -0.39 is 21.4 Å². The van der Waals surface area contributed by atoms with Crippen molar-refractivity contribution in [2.45, 2.75) is 50.6 Å². The molecule has 1 saturated heterocycles. The zero-order chi connectivity index (χ0) is 15.0. The summed E-state index contributed by atoms with van der Waals surface area (Å²) >= 11 is 0. The maximum Gasteiger partial charge on any atom is 0.246 e. The number of amides is 2. The second-order valence-electron chi connectivity index (χ2n) is 5.91. The van der Waals surface area contributed by atoms with Crippen LogP contribution in [0.5, 0.6) is 0 Å². The molecule has 1 heterocycles. The van der Waals surface area contributed by atoms with Crippen molar-refractivity contribution in [3.05, 3.63) is 0 Å². The van der Waals surface area contributed by atoms with Crippen LogP contribution in [0.1, 0.15) is 39.0 Å². The summed E-state index contributed by atoms with van der Waals surface area (Å²) in [7, 11) is -3.16. The van der Waals surface area contributed by atoms with E-state index in [1.165, 1.54) is 4.90 Å². The number of hydrogen-bond donors (Lipinski definition) is 1. The standard InChI is InChI=1S/C13H22N2O4S/c1-10-11(16)15(8-9-20(2,18)19)13(12(17)14-10)6-4-3-5-7-13/h10H,3-9H2,1-2H3,(H,14,17). The summed E-state index contributed by atoms with van der Waals surface area (Å²) in [6, 6.07) is -0.574. The molecular weight excluding hydrogens is 280 g/mol. The normalized spacial score (nSPS) is 26.7. The van der Waals surface area contributed by atoms with Gasteiger partial charge in [0.15, 0.2) is 0 Å². The Labute approximate surface area is 119 Å². The van der Waals surface area contributed by atoms with Gasteiger partial charge in [0, 0.05) is 12.8 Å². The molecule has 20 heavy (non-hydrogen) atoms. The second kappa shape index (κ2) is 5.35. The van der Waals surface area contributed by atoms with E-state index in [9.17, 15) is 18.0 Å². The predicted molar refractivity (Wildman–Crippen MR) is 74.8 cm³/mol. The molecule has 2 amide bonds. The first kappa shape index (κ1) is 15.3. The first-order valence-electron chi connectivity index (χ1n) is 7.06. The van der Waals surface area contributed by atoms with E-state index in [0.717, 1.165) is 25.5 Å². The van der Waals surface area contributed by atoms with Gasteiger partial charge in [0.1, 0.15) is 21.4 Å². The molecule has 1 unspecified atom stereocenters. The Balaban J connectivity index is 2.28. The maximum atomic E-state index is 12.4. The Bertz CT molecular complexity index is 508. The van der Waals surface area contributed by atoms with Gasteiger partial charge in [-0.05, 0) is 19.8 Å². The number of piperazine rings is 1. The summed E-state index contributed by atoms with van der Waals surface area (Å²) < 4.78 is 22.8. The van der Waals surface area contributed by atoms with Gasteiger partial charge in [-0.1, -0.05) is 19.3 Å². The largest absolute Gasteiger partial charge is 0.343 e. The van der Waals surface area contributed by atoms with Crippen molar-refractivity contribution in [1.82, 2.24) is 10.2 Å². The van der Waals surface area contributed by atoms with Crippen LogP contribution in [0.2, 0.25) is 0 Å². The van der Waals surface area contributed by atoms with Crippen molar-refractivity contribution in [2.75, 3.05) is 18.6 Å². The molecule has 1 N–H and O–H groups in total. The third-order valence-corrected chi connectivity index (χ3v) is 5.21. The summed E-state index contributed by atoms with van der Waals surface area (Å²) in [4.78, 5) is 26.3. The van der Waals surface area contributed by atoms with Crippen molar-refractivity contribution in [2.24, 2.45) is 0 Å². The minimum Gasteiger partial charge on any atom is -0.343 e. The summed E-state index contributed by atoms with van der Waals surface area (Å²) in [5.74, 6) is -0.395. The lowest BCUT2D eigenvalue weighted by Gasteiger charge is -2.49. The van der Waals surface area contributed by atoms with E-state index in [4.69, 9.17) is 0 Å². The van der Waals surface area contributed by atoms with Crippen molar-refractivity contribution in [1.29, 1.82) is 0 Å². The van der Waals surface area contributed by atoms with Crippen molar-refractivity contribution < 1.29 is 18.0 Å². The number of sulfone groups is 1. The summed E-state index contributed by atoms with van der Waals surface area (Å²) in [6.07, 6.45) is 5.24. The van der Waals surface area contributed by atoms with Crippen LogP contribution < -0.4 is 5.32 Å². The lowest BCUT2D eigenvalue weighted by Crippen LogP contribution is -2.71. The van der Waals surface area contributed by atoms with Gasteiger partial charge in [-0.3, -0.25) is 9.59 Å². The second-order valence-corrected chi connectivity index (χ2v) is 8.17. The molecule has 2 fully saturated rings. The highest BCUT2D eigenvalue weighted by molar-refractivity contribution is 7.90. The van der Waals surface area contributed by atoms with Gasteiger partial charge < -0.3 is 10.2 Å². The molecule has 0 aromatic rings. The molecule has 1 atom stereocenters. The predicted octanol–water partition coefficient (Wildman–Crippen LogP) is 0.0808. The summed E-state index contributed by atoms with van der Waals surface area (Å²) in [5.41, 5.74) is -0.827. The van der Waals surface area contributed by atoms with E-state index in [-0.39, 0.29) is 24.1 Å². The SMILES string of the molecule is CC1NC(=O)C2(CCCCC2)N(CCS(C)(=O)=O)C1=O. The summed E-state index contributed by atoms with van der Waals surface area (Å²) in [5, 5.41) is 2.74. The molecule has 0 aromatic carbocycles. The molecule has 2 rings (SSSR count). The topological polar surface area (TPSA) is 83.6 Å². The van der Waals surface area contributed by atoms with Crippen LogP contribution >= 0.6 is 0 Å². The van der Waals surface area contributed by atoms with Crippen LogP contribution in [0.15, 0.2) is 0 Å². The van der Waals surface area contributed by atoms with E-state index in [1.54, 1.807) is 6.92 Å². The lowest BCUT2D eigenvalue weighted by atomic mass is 9.77. The molecule has 2 aliphatic rings. The van der Waals surface area contributed by atoms with Gasteiger partial charge in [0.2, 0.25) is 11.8 Å². The highest BCUT2D eigenvalue weighted by Gasteiger charge is 2.51. The molecular formula is C13H22N2O4S. The smallest absolute Gasteiger partial charge is 0.246 e. The molecule has 0 radical (unpaired) electrons. The number of carbonyl (C=O) groups is 2. The highest BCUT2D eigenvalue weighted by Crippen LogP contribution is 2.36. The molecule has 0 bridgehead atoms. The van der Waals surface area contributed by atoms with Gasteiger partial charge in [0.25, 0.3) is 0 Å². The van der Waals surface area contributed by atoms with Gasteiger partial charge in [-0.15, -0.1) is 0 Å². The van der Waals surface area contributed by atoms with Crippen molar-refractivity contribution in [3.8, 4) is 0 Å². The van der Waals surface area contributed by atoms with E-state index in [0.29, 0.717) is 12.8 Å². The van der Waals surface area contributed by atoms with Crippen LogP contribution in [-0.2, 0) is 19.4 Å². The Morgan fingerprint density at radius 1 is 1.25 bits per heavy atom. The fourth-order valence-corrected chi connectivity index (χ4v) is 3.69. The molecule has 1 saturated carbocycles. The van der Waals surface area contributed by atoms with E-state index in [2.05, 4.69) is 5.32 Å². The maximum absolute atomic E-state index is 12.4. The molecule has 114 valence electrons. The van der Waals surface area contributed by atoms with Gasteiger partial charge in [-0.2, -0.15) is 0 Å². The van der Waals surface area contributed by atoms with E-state index in [1.807, 2.05) is 0 Å². The molecule has 1 aliphatic heterocycles. The minimum absolute atomic E-state index is 0.0967. The minimum atomic E-state index is -3.16. The first-order valence-corrected chi connectivity index (χ1v) is 9.12. The molecule has 1 spiro atoms. The molecule has 1 aliphatic carbocycles. The quantitative estimate of drug-likeness (QED) is 0.800. The Morgan fingerprint density at radius 2 is 1.85 bits per heavy atom. The fourth-order valence-electron chi connectivity index (χ4n) is 3.17. The van der Waals surface area contributed by atoms with Gasteiger partial charge in [0.05, 0.1) is 5.75 Å². The Morgan fingerprint density at radius 3 is 2.40 bits per heavy atom. The Kier molecular flexibility index (Phi) is 4.09. The monoisotopic (exact) mass is 302 g/mol. The first-order chi connectivity index (χ1) is 9.26. The van der Waals surface area contributed by atoms with Gasteiger partial charge in [-0.25, -0.2) is 8.42 Å². The molecule has 0 aromatic heterocycles. The van der Waals surface area contributed by atoms with Crippen molar-refractivity contribution in [3.63, 3.8) is 0 Å². The number of carbonyl (C=O) groups excluding carboxylic acids is 2. The third-order valence-electron chi connectivity index (χ3n) is 4.29. The zero-order valence-electron chi connectivity index (χ0n) is 12.0. The number of nitrogens with one attached hydrogen (secondary N) is 1. The van der Waals surface area contributed by atoms with E-state index >= 15 is 0 Å². The zero-order valence-corrected chi connectivity index (χ0v) is 12.8. The average molecular weight is 302 g/mol. The van der Waals surface area contributed by atoms with Crippen LogP contribution in [0, 0.1) is 0 Å². The van der Waals surface area contributed by atoms with Gasteiger partial charge >= 0.3 is 0 Å². The summed E-state index contributed by atoms with van der Waals surface area (Å²) in [6.45, 7) is 1.75. The van der Waals surface area contributed by atoms with Crippen LogP contribution in [-0.4, -0.2) is 55.3 Å². The average Bonchev–Trinajstić information content (AvgIpc) is 2.36. The molecule has 6 nitrogen and oxygen atoms in total. The Hall–Kier alpha value is -1.11. The van der Waals surface area contributed by atoms with Crippen LogP contribution in [0.25, 0.3) is 0 Å². The fraction of sp³-hybridized carbons (Fsp3) is 0.846. The molecule has 7 heteroatoms.